The molecule has 2 N–H and O–H groups in total. The lowest BCUT2D eigenvalue weighted by atomic mass is 9.91. The van der Waals surface area contributed by atoms with E-state index >= 15 is 0 Å². The van der Waals surface area contributed by atoms with Crippen LogP contribution in [-0.2, 0) is 0 Å². The zero-order valence-corrected chi connectivity index (χ0v) is 15.7. The number of piperidine rings is 1. The molecular weight excluding hydrogens is 354 g/mol. The van der Waals surface area contributed by atoms with Crippen molar-refractivity contribution in [3.8, 4) is 28.6 Å². The van der Waals surface area contributed by atoms with Crippen molar-refractivity contribution in [1.29, 1.82) is 0 Å². The highest BCUT2D eigenvalue weighted by Crippen LogP contribution is 2.37. The van der Waals surface area contributed by atoms with E-state index < -0.39 is 0 Å². The van der Waals surface area contributed by atoms with E-state index in [9.17, 15) is 5.11 Å². The summed E-state index contributed by atoms with van der Waals surface area (Å²) in [6.07, 6.45) is 13.1. The summed E-state index contributed by atoms with van der Waals surface area (Å²) in [7, 11) is 0. The van der Waals surface area contributed by atoms with Crippen molar-refractivity contribution in [3.05, 3.63) is 49.3 Å². The number of benzene rings is 1. The molecule has 0 aliphatic carbocycles. The molecule has 0 amide bonds. The van der Waals surface area contributed by atoms with Gasteiger partial charge in [-0.2, -0.15) is 0 Å². The van der Waals surface area contributed by atoms with Gasteiger partial charge in [0, 0.05) is 42.0 Å². The lowest BCUT2D eigenvalue weighted by Crippen LogP contribution is -2.50. The first-order chi connectivity index (χ1) is 13.6. The van der Waals surface area contributed by atoms with Crippen LogP contribution in [0.25, 0.3) is 16.9 Å². The average molecular weight is 377 g/mol. The summed E-state index contributed by atoms with van der Waals surface area (Å²) in [6, 6.07) is 5.98. The number of rotatable bonds is 4. The molecule has 2 fully saturated rings. The van der Waals surface area contributed by atoms with Crippen LogP contribution in [0.2, 0.25) is 0 Å². The molecule has 7 nitrogen and oxygen atoms in total. The van der Waals surface area contributed by atoms with E-state index in [1.165, 1.54) is 12.8 Å². The summed E-state index contributed by atoms with van der Waals surface area (Å²) in [5.74, 6) is 0.685. The molecule has 5 rings (SSSR count). The summed E-state index contributed by atoms with van der Waals surface area (Å²) in [4.78, 5) is 12.9. The first-order valence-corrected chi connectivity index (χ1v) is 9.66. The summed E-state index contributed by atoms with van der Waals surface area (Å²) in [5.41, 5.74) is 2.26. The third-order valence-corrected chi connectivity index (χ3v) is 5.80. The van der Waals surface area contributed by atoms with Crippen molar-refractivity contribution in [1.82, 2.24) is 24.8 Å². The minimum absolute atomic E-state index is 0.150. The normalized spacial score (nSPS) is 26.3. The van der Waals surface area contributed by atoms with E-state index in [1.54, 1.807) is 31.0 Å². The maximum Gasteiger partial charge on any atom is 0.232 e. The van der Waals surface area contributed by atoms with Crippen molar-refractivity contribution < 1.29 is 9.84 Å². The van der Waals surface area contributed by atoms with Crippen LogP contribution in [0, 0.1) is 0 Å². The fourth-order valence-corrected chi connectivity index (χ4v) is 4.46. The molecule has 0 spiro atoms. The summed E-state index contributed by atoms with van der Waals surface area (Å²) < 4.78 is 7.94. The standard InChI is InChI=1S/C21H23N5O2/c1-21-5-4-14(25-21)8-16(10-21)28-20-12-23-18(11-24-20)17-3-2-15(9-19(17)27)26-7-6-22-13-26/h2-3,6-7,9,11-14,16,25,27H,4-5,8,10H2,1H3/t14-,16-,21+/m1/s1. The van der Waals surface area contributed by atoms with Gasteiger partial charge < -0.3 is 19.7 Å². The Bertz CT molecular complexity index is 973. The highest BCUT2D eigenvalue weighted by Gasteiger charge is 2.42. The van der Waals surface area contributed by atoms with Gasteiger partial charge in [0.1, 0.15) is 11.9 Å². The zero-order chi connectivity index (χ0) is 19.1. The number of hydrogen-bond donors (Lipinski definition) is 2. The van der Waals surface area contributed by atoms with Gasteiger partial charge in [-0.15, -0.1) is 0 Å². The average Bonchev–Trinajstić information content (AvgIpc) is 3.30. The largest absolute Gasteiger partial charge is 0.507 e. The van der Waals surface area contributed by atoms with Gasteiger partial charge in [-0.1, -0.05) is 0 Å². The SMILES string of the molecule is C[C@]12CC[C@H](C[C@@H](Oc3cnc(-c4ccc(-n5ccnc5)cc4O)cn3)C1)N2. The molecule has 2 bridgehead atoms. The van der Waals surface area contributed by atoms with Crippen LogP contribution in [0.1, 0.15) is 32.6 Å². The van der Waals surface area contributed by atoms with E-state index in [4.69, 9.17) is 4.74 Å². The zero-order valence-electron chi connectivity index (χ0n) is 15.7. The van der Waals surface area contributed by atoms with Crippen molar-refractivity contribution in [2.45, 2.75) is 50.3 Å². The predicted octanol–water partition coefficient (Wildman–Crippen LogP) is 3.09. The fraction of sp³-hybridized carbons (Fsp3) is 0.381. The van der Waals surface area contributed by atoms with E-state index in [-0.39, 0.29) is 17.4 Å². The maximum absolute atomic E-state index is 10.4. The summed E-state index contributed by atoms with van der Waals surface area (Å²) >= 11 is 0. The monoisotopic (exact) mass is 377 g/mol. The fourth-order valence-electron chi connectivity index (χ4n) is 4.46. The molecule has 7 heteroatoms. The van der Waals surface area contributed by atoms with Gasteiger partial charge in [0.15, 0.2) is 0 Å². The molecule has 28 heavy (non-hydrogen) atoms. The van der Waals surface area contributed by atoms with Gasteiger partial charge in [-0.05, 0) is 38.3 Å². The van der Waals surface area contributed by atoms with Crippen LogP contribution in [-0.4, -0.2) is 42.3 Å². The third kappa shape index (κ3) is 3.22. The van der Waals surface area contributed by atoms with Crippen LogP contribution in [0.4, 0.5) is 0 Å². The van der Waals surface area contributed by atoms with Gasteiger partial charge in [-0.3, -0.25) is 0 Å². The Morgan fingerprint density at radius 2 is 2.21 bits per heavy atom. The lowest BCUT2D eigenvalue weighted by Gasteiger charge is -2.36. The number of aromatic nitrogens is 4. The van der Waals surface area contributed by atoms with E-state index in [0.29, 0.717) is 23.2 Å². The molecule has 3 atom stereocenters. The first-order valence-electron chi connectivity index (χ1n) is 9.66. The number of hydrogen-bond acceptors (Lipinski definition) is 6. The van der Waals surface area contributed by atoms with Gasteiger partial charge in [0.25, 0.3) is 0 Å². The molecule has 0 radical (unpaired) electrons. The van der Waals surface area contributed by atoms with Gasteiger partial charge >= 0.3 is 0 Å². The molecule has 0 saturated carbocycles. The Hall–Kier alpha value is -2.93. The minimum Gasteiger partial charge on any atom is -0.507 e. The Morgan fingerprint density at radius 3 is 2.93 bits per heavy atom. The van der Waals surface area contributed by atoms with E-state index in [0.717, 1.165) is 18.5 Å². The van der Waals surface area contributed by atoms with Crippen LogP contribution >= 0.6 is 0 Å². The molecule has 2 saturated heterocycles. The topological polar surface area (TPSA) is 85.1 Å². The molecule has 2 aromatic heterocycles. The first kappa shape index (κ1) is 17.2. The highest BCUT2D eigenvalue weighted by atomic mass is 16.5. The number of aromatic hydroxyl groups is 1. The Morgan fingerprint density at radius 1 is 1.29 bits per heavy atom. The maximum atomic E-state index is 10.4. The molecule has 1 aromatic carbocycles. The number of phenols is 1. The molecular formula is C21H23N5O2. The molecule has 4 heterocycles. The van der Waals surface area contributed by atoms with Gasteiger partial charge in [0.05, 0.1) is 30.1 Å². The number of fused-ring (bicyclic) bond motifs is 2. The Labute approximate surface area is 163 Å². The van der Waals surface area contributed by atoms with E-state index in [1.807, 2.05) is 22.9 Å². The minimum atomic E-state index is 0.150. The molecule has 2 aliphatic rings. The second-order valence-corrected chi connectivity index (χ2v) is 8.03. The van der Waals surface area contributed by atoms with E-state index in [2.05, 4.69) is 27.2 Å². The summed E-state index contributed by atoms with van der Waals surface area (Å²) in [5, 5.41) is 14.1. The Kier molecular flexibility index (Phi) is 4.05. The Balaban J connectivity index is 1.31. The van der Waals surface area contributed by atoms with Gasteiger partial charge in [-0.25, -0.2) is 15.0 Å². The van der Waals surface area contributed by atoms with Gasteiger partial charge in [0.2, 0.25) is 5.88 Å². The van der Waals surface area contributed by atoms with Crippen LogP contribution < -0.4 is 10.1 Å². The predicted molar refractivity (Wildman–Crippen MR) is 104 cm³/mol. The third-order valence-electron chi connectivity index (χ3n) is 5.80. The quantitative estimate of drug-likeness (QED) is 0.727. The van der Waals surface area contributed by atoms with Crippen molar-refractivity contribution in [2.24, 2.45) is 0 Å². The second kappa shape index (κ2) is 6.60. The lowest BCUT2D eigenvalue weighted by molar-refractivity contribution is 0.103. The van der Waals surface area contributed by atoms with Crippen molar-refractivity contribution >= 4 is 0 Å². The van der Waals surface area contributed by atoms with Crippen molar-refractivity contribution in [3.63, 3.8) is 0 Å². The molecule has 0 unspecified atom stereocenters. The van der Waals surface area contributed by atoms with Crippen molar-refractivity contribution in [2.75, 3.05) is 0 Å². The number of nitrogens with one attached hydrogen (secondary N) is 1. The summed E-state index contributed by atoms with van der Waals surface area (Å²) in [6.45, 7) is 2.27. The molecule has 3 aromatic rings. The second-order valence-electron chi connectivity index (χ2n) is 8.03. The van der Waals surface area contributed by atoms with Crippen LogP contribution in [0.5, 0.6) is 11.6 Å². The molecule has 144 valence electrons. The van der Waals surface area contributed by atoms with Crippen LogP contribution in [0.15, 0.2) is 49.3 Å². The number of imidazole rings is 1. The number of nitrogens with zero attached hydrogens (tertiary/aromatic N) is 4. The number of phenolic OH excluding ortho intramolecular Hbond substituents is 1. The molecule has 2 aliphatic heterocycles. The number of ether oxygens (including phenoxy) is 1. The highest BCUT2D eigenvalue weighted by molar-refractivity contribution is 5.68. The smallest absolute Gasteiger partial charge is 0.232 e. The van der Waals surface area contributed by atoms with Crippen LogP contribution in [0.3, 0.4) is 0 Å².